The van der Waals surface area contributed by atoms with Crippen molar-refractivity contribution in [2.75, 3.05) is 11.9 Å². The first-order valence-corrected chi connectivity index (χ1v) is 9.50. The first-order valence-electron chi connectivity index (χ1n) is 9.50. The number of esters is 1. The Balaban J connectivity index is 1.70. The number of carbonyl (C=O) groups is 2. The van der Waals surface area contributed by atoms with Crippen molar-refractivity contribution >= 4 is 23.2 Å². The van der Waals surface area contributed by atoms with Crippen molar-refractivity contribution in [3.05, 3.63) is 71.8 Å². The van der Waals surface area contributed by atoms with E-state index in [0.29, 0.717) is 5.65 Å². The lowest BCUT2D eigenvalue weighted by molar-refractivity contribution is 0.0523. The number of fused-ring (bicyclic) bond motifs is 1. The van der Waals surface area contributed by atoms with Crippen LogP contribution in [0.3, 0.4) is 0 Å². The summed E-state index contributed by atoms with van der Waals surface area (Å²) >= 11 is 0. The Labute approximate surface area is 177 Å². The lowest BCUT2D eigenvalue weighted by Gasteiger charge is -2.09. The predicted molar refractivity (Wildman–Crippen MR) is 112 cm³/mol. The maximum atomic E-state index is 12.9. The second-order valence-electron chi connectivity index (χ2n) is 6.68. The highest BCUT2D eigenvalue weighted by Crippen LogP contribution is 2.24. The highest BCUT2D eigenvalue weighted by atomic mass is 16.5. The van der Waals surface area contributed by atoms with E-state index in [1.807, 2.05) is 36.5 Å². The van der Waals surface area contributed by atoms with Crippen LogP contribution in [-0.4, -0.2) is 37.6 Å². The van der Waals surface area contributed by atoms with E-state index in [2.05, 4.69) is 21.5 Å². The Morgan fingerprint density at radius 3 is 2.71 bits per heavy atom. The number of aromatic nitrogens is 4. The minimum absolute atomic E-state index is 0.0375. The Bertz CT molecular complexity index is 1330. The fourth-order valence-corrected chi connectivity index (χ4v) is 3.22. The molecule has 0 radical (unpaired) electrons. The molecule has 0 saturated heterocycles. The number of imidazole rings is 1. The molecule has 0 aliphatic rings. The Hall–Kier alpha value is -4.45. The summed E-state index contributed by atoms with van der Waals surface area (Å²) in [4.78, 5) is 29.7. The van der Waals surface area contributed by atoms with Gasteiger partial charge >= 0.3 is 5.97 Å². The largest absolute Gasteiger partial charge is 0.462 e. The number of nitrogens with zero attached hydrogens (tertiary/aromatic N) is 5. The van der Waals surface area contributed by atoms with E-state index in [4.69, 9.17) is 4.74 Å². The van der Waals surface area contributed by atoms with Crippen LogP contribution in [0.5, 0.6) is 0 Å². The quantitative estimate of drug-likeness (QED) is 0.502. The maximum Gasteiger partial charge on any atom is 0.342 e. The van der Waals surface area contributed by atoms with Gasteiger partial charge < -0.3 is 14.5 Å². The van der Waals surface area contributed by atoms with Gasteiger partial charge in [0.2, 0.25) is 0 Å². The minimum atomic E-state index is -0.641. The summed E-state index contributed by atoms with van der Waals surface area (Å²) in [5.74, 6) is -1.23. The molecular formula is C22H18N6O3. The summed E-state index contributed by atoms with van der Waals surface area (Å²) in [5, 5.41) is 16.3. The summed E-state index contributed by atoms with van der Waals surface area (Å²) in [6.45, 7) is 1.85. The van der Waals surface area contributed by atoms with Crippen molar-refractivity contribution in [1.29, 1.82) is 5.26 Å². The lowest BCUT2D eigenvalue weighted by Crippen LogP contribution is -2.20. The van der Waals surface area contributed by atoms with E-state index in [1.165, 1.54) is 10.9 Å². The second-order valence-corrected chi connectivity index (χ2v) is 6.68. The van der Waals surface area contributed by atoms with Gasteiger partial charge in [0.25, 0.3) is 5.91 Å². The van der Waals surface area contributed by atoms with Gasteiger partial charge in [-0.1, -0.05) is 30.3 Å². The Morgan fingerprint density at radius 2 is 2.00 bits per heavy atom. The summed E-state index contributed by atoms with van der Waals surface area (Å²) in [6.07, 6.45) is 4.69. The molecule has 0 fully saturated rings. The molecule has 0 bridgehead atoms. The normalized spacial score (nSPS) is 10.6. The smallest absolute Gasteiger partial charge is 0.342 e. The number of anilines is 1. The first kappa shape index (κ1) is 19.8. The van der Waals surface area contributed by atoms with Crippen molar-refractivity contribution < 1.29 is 14.3 Å². The minimum Gasteiger partial charge on any atom is -0.462 e. The molecule has 0 saturated carbocycles. The molecule has 1 aromatic carbocycles. The molecule has 1 N–H and O–H groups in total. The van der Waals surface area contributed by atoms with Crippen molar-refractivity contribution in [2.45, 2.75) is 6.92 Å². The molecule has 0 aliphatic carbocycles. The molecular weight excluding hydrogens is 396 g/mol. The van der Waals surface area contributed by atoms with Gasteiger partial charge in [-0.2, -0.15) is 10.4 Å². The van der Waals surface area contributed by atoms with Gasteiger partial charge in [-0.3, -0.25) is 9.48 Å². The van der Waals surface area contributed by atoms with E-state index in [1.54, 1.807) is 30.6 Å². The third-order valence-electron chi connectivity index (χ3n) is 4.68. The van der Waals surface area contributed by atoms with Crippen LogP contribution in [0.1, 0.15) is 33.3 Å². The number of aryl methyl sites for hydroxylation is 1. The molecule has 0 unspecified atom stereocenters. The van der Waals surface area contributed by atoms with Gasteiger partial charge in [0.1, 0.15) is 23.0 Å². The Morgan fingerprint density at radius 1 is 1.23 bits per heavy atom. The van der Waals surface area contributed by atoms with Gasteiger partial charge in [-0.05, 0) is 6.92 Å². The van der Waals surface area contributed by atoms with Gasteiger partial charge in [0, 0.05) is 31.1 Å². The fourth-order valence-electron chi connectivity index (χ4n) is 3.22. The van der Waals surface area contributed by atoms with Crippen LogP contribution in [-0.2, 0) is 11.8 Å². The number of benzene rings is 1. The number of nitriles is 1. The standard InChI is InChI=1S/C22H18N6O3/c1-3-31-22(30)16-11-24-27(2)20(16)21(29)26-17-9-19-25-18(14-7-5-4-6-8-14)13-28(19)12-15(17)10-23/h4-9,11-13H,3H2,1-2H3,(H,26,29). The third-order valence-corrected chi connectivity index (χ3v) is 4.68. The number of pyridine rings is 1. The summed E-state index contributed by atoms with van der Waals surface area (Å²) in [5.41, 5.74) is 2.85. The van der Waals surface area contributed by atoms with Crippen molar-refractivity contribution in [3.63, 3.8) is 0 Å². The second kappa shape index (κ2) is 8.12. The van der Waals surface area contributed by atoms with E-state index in [0.717, 1.165) is 11.3 Å². The molecule has 0 atom stereocenters. The number of carbonyl (C=O) groups excluding carboxylic acids is 2. The SMILES string of the molecule is CCOC(=O)c1cnn(C)c1C(=O)Nc1cc2nc(-c3ccccc3)cn2cc1C#N. The van der Waals surface area contributed by atoms with E-state index < -0.39 is 11.9 Å². The fraction of sp³-hybridized carbons (Fsp3) is 0.136. The molecule has 154 valence electrons. The zero-order valence-electron chi connectivity index (χ0n) is 16.9. The van der Waals surface area contributed by atoms with Crippen LogP contribution < -0.4 is 5.32 Å². The van der Waals surface area contributed by atoms with Gasteiger partial charge in [-0.25, -0.2) is 9.78 Å². The zero-order chi connectivity index (χ0) is 22.0. The summed E-state index contributed by atoms with van der Waals surface area (Å²) in [6, 6.07) is 13.3. The predicted octanol–water partition coefficient (Wildman–Crippen LogP) is 3.04. The van der Waals surface area contributed by atoms with Crippen LogP contribution >= 0.6 is 0 Å². The van der Waals surface area contributed by atoms with Crippen LogP contribution in [0.4, 0.5) is 5.69 Å². The van der Waals surface area contributed by atoms with Gasteiger partial charge in [0.15, 0.2) is 0 Å². The van der Waals surface area contributed by atoms with Crippen LogP contribution in [0.2, 0.25) is 0 Å². The molecule has 4 aromatic rings. The van der Waals surface area contributed by atoms with Crippen LogP contribution in [0.15, 0.2) is 55.0 Å². The zero-order valence-corrected chi connectivity index (χ0v) is 16.9. The molecule has 0 spiro atoms. The highest BCUT2D eigenvalue weighted by Gasteiger charge is 2.24. The average Bonchev–Trinajstić information content (AvgIpc) is 3.37. The average molecular weight is 414 g/mol. The number of nitrogens with one attached hydrogen (secondary N) is 1. The van der Waals surface area contributed by atoms with Crippen molar-refractivity contribution in [3.8, 4) is 17.3 Å². The molecule has 3 heterocycles. The summed E-state index contributed by atoms with van der Waals surface area (Å²) < 4.78 is 8.01. The molecule has 0 aliphatic heterocycles. The highest BCUT2D eigenvalue weighted by molar-refractivity contribution is 6.10. The maximum absolute atomic E-state index is 12.9. The molecule has 3 aromatic heterocycles. The number of rotatable bonds is 5. The Kier molecular flexibility index (Phi) is 5.20. The molecule has 9 heteroatoms. The number of amides is 1. The van der Waals surface area contributed by atoms with E-state index >= 15 is 0 Å². The number of ether oxygens (including phenoxy) is 1. The number of hydrogen-bond acceptors (Lipinski definition) is 6. The topological polar surface area (TPSA) is 114 Å². The monoisotopic (exact) mass is 414 g/mol. The lowest BCUT2D eigenvalue weighted by atomic mass is 10.2. The van der Waals surface area contributed by atoms with Crippen molar-refractivity contribution in [2.24, 2.45) is 7.05 Å². The van der Waals surface area contributed by atoms with Gasteiger partial charge in [0.05, 0.1) is 29.7 Å². The van der Waals surface area contributed by atoms with Crippen LogP contribution in [0.25, 0.3) is 16.9 Å². The number of hydrogen-bond donors (Lipinski definition) is 1. The molecule has 31 heavy (non-hydrogen) atoms. The van der Waals surface area contributed by atoms with E-state index in [9.17, 15) is 14.9 Å². The van der Waals surface area contributed by atoms with Crippen LogP contribution in [0, 0.1) is 11.3 Å². The molecule has 1 amide bonds. The molecule has 4 rings (SSSR count). The van der Waals surface area contributed by atoms with Crippen molar-refractivity contribution in [1.82, 2.24) is 19.2 Å². The van der Waals surface area contributed by atoms with Gasteiger partial charge in [-0.15, -0.1) is 0 Å². The van der Waals surface area contributed by atoms with E-state index in [-0.39, 0.29) is 29.1 Å². The first-order chi connectivity index (χ1) is 15.0. The summed E-state index contributed by atoms with van der Waals surface area (Å²) in [7, 11) is 1.55. The third kappa shape index (κ3) is 3.74. The molecule has 9 nitrogen and oxygen atoms in total.